The Labute approximate surface area is 98.4 Å². The second kappa shape index (κ2) is 3.72. The van der Waals surface area contributed by atoms with Crippen molar-refractivity contribution in [2.24, 2.45) is 0 Å². The van der Waals surface area contributed by atoms with Gasteiger partial charge in [0.15, 0.2) is 0 Å². The topological polar surface area (TPSA) is 12.9 Å². The van der Waals surface area contributed by atoms with Gasteiger partial charge in [-0.05, 0) is 30.5 Å². The molecular formula is C14H11NS. The number of para-hydroxylation sites is 1. The average Bonchev–Trinajstić information content (AvgIpc) is 2.81. The average molecular weight is 225 g/mol. The van der Waals surface area contributed by atoms with Gasteiger partial charge in [-0.1, -0.05) is 24.3 Å². The molecule has 2 heteroatoms. The van der Waals surface area contributed by atoms with Gasteiger partial charge in [-0.25, -0.2) is 0 Å². The maximum atomic E-state index is 4.55. The van der Waals surface area contributed by atoms with Crippen molar-refractivity contribution in [1.29, 1.82) is 0 Å². The van der Waals surface area contributed by atoms with Gasteiger partial charge in [0.1, 0.15) is 0 Å². The fraction of sp³-hybridized carbons (Fsp3) is 0.0714. The number of fused-ring (bicyclic) bond motifs is 1. The third-order valence-corrected chi connectivity index (χ3v) is 3.53. The van der Waals surface area contributed by atoms with E-state index in [0.717, 1.165) is 11.2 Å². The molecule has 2 aromatic heterocycles. The summed E-state index contributed by atoms with van der Waals surface area (Å²) in [7, 11) is 0. The highest BCUT2D eigenvalue weighted by molar-refractivity contribution is 7.13. The Hall–Kier alpha value is -1.67. The number of benzene rings is 1. The molecule has 3 aromatic rings. The van der Waals surface area contributed by atoms with Gasteiger partial charge in [0, 0.05) is 21.5 Å². The van der Waals surface area contributed by atoms with E-state index in [0.29, 0.717) is 0 Å². The summed E-state index contributed by atoms with van der Waals surface area (Å²) in [5.74, 6) is 0. The number of thiophene rings is 1. The van der Waals surface area contributed by atoms with Crippen LogP contribution < -0.4 is 0 Å². The lowest BCUT2D eigenvalue weighted by molar-refractivity contribution is 1.26. The smallest absolute Gasteiger partial charge is 0.0711 e. The van der Waals surface area contributed by atoms with Crippen molar-refractivity contribution < 1.29 is 0 Å². The molecule has 0 saturated carbocycles. The lowest BCUT2D eigenvalue weighted by Gasteiger charge is -2.05. The first-order chi connectivity index (χ1) is 7.84. The van der Waals surface area contributed by atoms with E-state index >= 15 is 0 Å². The molecule has 0 aliphatic carbocycles. The molecule has 0 saturated heterocycles. The van der Waals surface area contributed by atoms with Crippen LogP contribution in [0.1, 0.15) is 5.69 Å². The predicted octanol–water partition coefficient (Wildman–Crippen LogP) is 4.27. The van der Waals surface area contributed by atoms with Gasteiger partial charge < -0.3 is 0 Å². The Kier molecular flexibility index (Phi) is 2.22. The van der Waals surface area contributed by atoms with Crippen molar-refractivity contribution in [3.05, 3.63) is 53.5 Å². The number of aryl methyl sites for hydroxylation is 1. The maximum absolute atomic E-state index is 4.55. The van der Waals surface area contributed by atoms with Crippen molar-refractivity contribution in [3.8, 4) is 10.4 Å². The Morgan fingerprint density at radius 2 is 1.94 bits per heavy atom. The van der Waals surface area contributed by atoms with Crippen molar-refractivity contribution in [2.75, 3.05) is 0 Å². The van der Waals surface area contributed by atoms with E-state index < -0.39 is 0 Å². The molecule has 0 amide bonds. The number of nitrogens with zero attached hydrogens (tertiary/aromatic N) is 1. The fourth-order valence-electron chi connectivity index (χ4n) is 1.94. The van der Waals surface area contributed by atoms with E-state index in [2.05, 4.69) is 46.8 Å². The molecule has 0 radical (unpaired) electrons. The molecule has 0 bridgehead atoms. The minimum atomic E-state index is 1.07. The van der Waals surface area contributed by atoms with E-state index in [-0.39, 0.29) is 0 Å². The first-order valence-electron chi connectivity index (χ1n) is 5.25. The normalized spacial score (nSPS) is 10.8. The number of hydrogen-bond acceptors (Lipinski definition) is 2. The van der Waals surface area contributed by atoms with Crippen molar-refractivity contribution in [2.45, 2.75) is 6.92 Å². The third kappa shape index (κ3) is 1.51. The van der Waals surface area contributed by atoms with Crippen LogP contribution in [0.5, 0.6) is 0 Å². The Morgan fingerprint density at radius 3 is 2.75 bits per heavy atom. The minimum Gasteiger partial charge on any atom is -0.253 e. The summed E-state index contributed by atoms with van der Waals surface area (Å²) in [5.41, 5.74) is 3.44. The number of rotatable bonds is 1. The standard InChI is InChI=1S/C14H11NS/c1-10-9-12(14-7-4-8-16-14)11-5-2-3-6-13(11)15-10/h2-9H,1H3. The van der Waals surface area contributed by atoms with Gasteiger partial charge in [-0.2, -0.15) is 0 Å². The fourth-order valence-corrected chi connectivity index (χ4v) is 2.70. The predicted molar refractivity (Wildman–Crippen MR) is 69.8 cm³/mol. The molecule has 0 aliphatic rings. The van der Waals surface area contributed by atoms with Gasteiger partial charge in [0.25, 0.3) is 0 Å². The molecule has 0 spiro atoms. The quantitative estimate of drug-likeness (QED) is 0.602. The van der Waals surface area contributed by atoms with Crippen LogP contribution in [-0.4, -0.2) is 4.98 Å². The zero-order valence-corrected chi connectivity index (χ0v) is 9.79. The molecule has 3 rings (SSSR count). The highest BCUT2D eigenvalue weighted by Crippen LogP contribution is 2.31. The van der Waals surface area contributed by atoms with Crippen molar-refractivity contribution in [1.82, 2.24) is 4.98 Å². The van der Waals surface area contributed by atoms with Crippen LogP contribution in [-0.2, 0) is 0 Å². The minimum absolute atomic E-state index is 1.07. The van der Waals surface area contributed by atoms with Gasteiger partial charge in [0.2, 0.25) is 0 Å². The van der Waals surface area contributed by atoms with E-state index in [4.69, 9.17) is 0 Å². The molecule has 2 heterocycles. The summed E-state index contributed by atoms with van der Waals surface area (Å²) < 4.78 is 0. The molecule has 0 atom stereocenters. The first-order valence-corrected chi connectivity index (χ1v) is 6.13. The lowest BCUT2D eigenvalue weighted by atomic mass is 10.1. The maximum Gasteiger partial charge on any atom is 0.0711 e. The van der Waals surface area contributed by atoms with Crippen molar-refractivity contribution in [3.63, 3.8) is 0 Å². The van der Waals surface area contributed by atoms with E-state index in [1.54, 1.807) is 11.3 Å². The molecule has 0 N–H and O–H groups in total. The van der Waals surface area contributed by atoms with Crippen LogP contribution in [0, 0.1) is 6.92 Å². The highest BCUT2D eigenvalue weighted by atomic mass is 32.1. The molecule has 1 aromatic carbocycles. The monoisotopic (exact) mass is 225 g/mol. The summed E-state index contributed by atoms with van der Waals surface area (Å²) in [6, 6.07) is 14.7. The Morgan fingerprint density at radius 1 is 1.06 bits per heavy atom. The molecule has 1 nitrogen and oxygen atoms in total. The largest absolute Gasteiger partial charge is 0.253 e. The lowest BCUT2D eigenvalue weighted by Crippen LogP contribution is -1.86. The van der Waals surface area contributed by atoms with Crippen LogP contribution in [0.3, 0.4) is 0 Å². The zero-order chi connectivity index (χ0) is 11.0. The number of aromatic nitrogens is 1. The highest BCUT2D eigenvalue weighted by Gasteiger charge is 2.06. The van der Waals surface area contributed by atoms with Gasteiger partial charge in [0.05, 0.1) is 5.52 Å². The Bertz CT molecular complexity index is 626. The molecular weight excluding hydrogens is 214 g/mol. The van der Waals surface area contributed by atoms with Gasteiger partial charge >= 0.3 is 0 Å². The Balaban J connectivity index is 2.39. The summed E-state index contributed by atoms with van der Waals surface area (Å²) in [6.45, 7) is 2.05. The number of pyridine rings is 1. The van der Waals surface area contributed by atoms with Crippen molar-refractivity contribution >= 4 is 22.2 Å². The van der Waals surface area contributed by atoms with E-state index in [9.17, 15) is 0 Å². The zero-order valence-electron chi connectivity index (χ0n) is 8.97. The van der Waals surface area contributed by atoms with Crippen LogP contribution in [0.4, 0.5) is 0 Å². The molecule has 16 heavy (non-hydrogen) atoms. The molecule has 0 unspecified atom stereocenters. The SMILES string of the molecule is Cc1cc(-c2cccs2)c2ccccc2n1. The molecule has 0 aliphatic heterocycles. The van der Waals surface area contributed by atoms with E-state index in [1.165, 1.54) is 15.8 Å². The summed E-state index contributed by atoms with van der Waals surface area (Å²) in [5, 5.41) is 3.34. The number of hydrogen-bond donors (Lipinski definition) is 0. The van der Waals surface area contributed by atoms with Gasteiger partial charge in [-0.3, -0.25) is 4.98 Å². The van der Waals surface area contributed by atoms with Gasteiger partial charge in [-0.15, -0.1) is 11.3 Å². The third-order valence-electron chi connectivity index (χ3n) is 2.63. The van der Waals surface area contributed by atoms with Crippen LogP contribution >= 0.6 is 11.3 Å². The van der Waals surface area contributed by atoms with Crippen LogP contribution in [0.25, 0.3) is 21.3 Å². The summed E-state index contributed by atoms with van der Waals surface area (Å²) in [4.78, 5) is 5.86. The molecule has 0 fully saturated rings. The summed E-state index contributed by atoms with van der Waals surface area (Å²) >= 11 is 1.77. The van der Waals surface area contributed by atoms with E-state index in [1.807, 2.05) is 13.0 Å². The second-order valence-corrected chi connectivity index (χ2v) is 4.75. The first kappa shape index (κ1) is 9.55. The summed E-state index contributed by atoms with van der Waals surface area (Å²) in [6.07, 6.45) is 0. The second-order valence-electron chi connectivity index (χ2n) is 3.81. The van der Waals surface area contributed by atoms with Crippen LogP contribution in [0.2, 0.25) is 0 Å². The van der Waals surface area contributed by atoms with Crippen LogP contribution in [0.15, 0.2) is 47.8 Å². The molecule has 78 valence electrons.